The highest BCUT2D eigenvalue weighted by atomic mass is 35.5. The maximum Gasteiger partial charge on any atom is 0.275 e. The highest BCUT2D eigenvalue weighted by molar-refractivity contribution is 6.31. The zero-order valence-corrected chi connectivity index (χ0v) is 12.0. The molecule has 0 fully saturated rings. The molecule has 0 aliphatic carbocycles. The maximum atomic E-state index is 12.0. The Balaban J connectivity index is 2.12. The molecule has 108 valence electrons. The van der Waals surface area contributed by atoms with E-state index in [0.29, 0.717) is 16.3 Å². The van der Waals surface area contributed by atoms with Crippen molar-refractivity contribution in [2.45, 2.75) is 0 Å². The summed E-state index contributed by atoms with van der Waals surface area (Å²) in [5.74, 6) is 0.0199. The van der Waals surface area contributed by atoms with Gasteiger partial charge in [0, 0.05) is 10.6 Å². The van der Waals surface area contributed by atoms with E-state index < -0.39 is 5.91 Å². The monoisotopic (exact) mass is 304 g/mol. The summed E-state index contributed by atoms with van der Waals surface area (Å²) >= 11 is 5.86. The lowest BCUT2D eigenvalue weighted by Gasteiger charge is -2.07. The molecule has 0 bridgehead atoms. The van der Waals surface area contributed by atoms with E-state index in [1.54, 1.807) is 30.3 Å². The number of aromatic hydroxyl groups is 1. The van der Waals surface area contributed by atoms with E-state index in [1.807, 2.05) is 0 Å². The zero-order valence-electron chi connectivity index (χ0n) is 11.2. The van der Waals surface area contributed by atoms with Crippen molar-refractivity contribution in [2.75, 3.05) is 7.11 Å². The van der Waals surface area contributed by atoms with Crippen LogP contribution in [0.2, 0.25) is 5.02 Å². The predicted octanol–water partition coefficient (Wildman–Crippen LogP) is 2.82. The van der Waals surface area contributed by atoms with E-state index in [-0.39, 0.29) is 11.3 Å². The average molecular weight is 305 g/mol. The van der Waals surface area contributed by atoms with Gasteiger partial charge in [0.15, 0.2) is 0 Å². The third-order valence-corrected chi connectivity index (χ3v) is 2.95. The molecule has 0 unspecified atom stereocenters. The van der Waals surface area contributed by atoms with Crippen molar-refractivity contribution in [3.8, 4) is 11.5 Å². The Morgan fingerprint density at radius 1 is 1.33 bits per heavy atom. The van der Waals surface area contributed by atoms with Gasteiger partial charge in [0.05, 0.1) is 18.9 Å². The molecule has 2 aromatic rings. The molecule has 0 radical (unpaired) electrons. The number of phenols is 1. The van der Waals surface area contributed by atoms with Crippen molar-refractivity contribution < 1.29 is 14.6 Å². The number of carbonyl (C=O) groups is 1. The summed E-state index contributed by atoms with van der Waals surface area (Å²) in [6.07, 6.45) is 1.35. The second-order valence-electron chi connectivity index (χ2n) is 4.10. The van der Waals surface area contributed by atoms with Gasteiger partial charge in [0.2, 0.25) is 0 Å². The van der Waals surface area contributed by atoms with Gasteiger partial charge in [-0.25, -0.2) is 5.43 Å². The van der Waals surface area contributed by atoms with Gasteiger partial charge < -0.3 is 9.84 Å². The van der Waals surface area contributed by atoms with E-state index in [2.05, 4.69) is 10.5 Å². The summed E-state index contributed by atoms with van der Waals surface area (Å²) in [5, 5.41) is 13.8. The molecule has 0 aliphatic heterocycles. The number of halogens is 1. The summed E-state index contributed by atoms with van der Waals surface area (Å²) in [4.78, 5) is 12.0. The standard InChI is InChI=1S/C15H13ClN2O3/c1-21-14-7-6-11(16)8-12(14)15(20)18-17-9-10-4-2-3-5-13(10)19/h2-9,19H,1H3,(H,18,20). The van der Waals surface area contributed by atoms with E-state index in [4.69, 9.17) is 16.3 Å². The third kappa shape index (κ3) is 3.73. The van der Waals surface area contributed by atoms with Crippen LogP contribution in [-0.4, -0.2) is 24.3 Å². The molecular formula is C15H13ClN2O3. The molecular weight excluding hydrogens is 292 g/mol. The van der Waals surface area contributed by atoms with Crippen LogP contribution in [0.3, 0.4) is 0 Å². The minimum atomic E-state index is -0.457. The van der Waals surface area contributed by atoms with Crippen molar-refractivity contribution >= 4 is 23.7 Å². The van der Waals surface area contributed by atoms with E-state index in [1.165, 1.54) is 25.5 Å². The number of carbonyl (C=O) groups excluding carboxylic acids is 1. The SMILES string of the molecule is COc1ccc(Cl)cc1C(=O)NN=Cc1ccccc1O. The van der Waals surface area contributed by atoms with Crippen LogP contribution in [-0.2, 0) is 0 Å². The zero-order chi connectivity index (χ0) is 15.2. The summed E-state index contributed by atoms with van der Waals surface area (Å²) < 4.78 is 5.09. The molecule has 6 heteroatoms. The normalized spacial score (nSPS) is 10.6. The summed E-state index contributed by atoms with van der Waals surface area (Å²) in [6, 6.07) is 11.4. The number of amides is 1. The van der Waals surface area contributed by atoms with Gasteiger partial charge in [0.25, 0.3) is 5.91 Å². The molecule has 0 saturated heterocycles. The smallest absolute Gasteiger partial charge is 0.275 e. The van der Waals surface area contributed by atoms with Crippen LogP contribution in [0.5, 0.6) is 11.5 Å². The first-order chi connectivity index (χ1) is 10.1. The van der Waals surface area contributed by atoms with Crippen LogP contribution < -0.4 is 10.2 Å². The summed E-state index contributed by atoms with van der Waals surface area (Å²) in [6.45, 7) is 0. The second-order valence-corrected chi connectivity index (χ2v) is 4.54. The molecule has 2 aromatic carbocycles. The van der Waals surface area contributed by atoms with Gasteiger partial charge in [-0.05, 0) is 30.3 Å². The largest absolute Gasteiger partial charge is 0.507 e. The number of hydrazone groups is 1. The number of nitrogens with zero attached hydrogens (tertiary/aromatic N) is 1. The Labute approximate surface area is 126 Å². The fraction of sp³-hybridized carbons (Fsp3) is 0.0667. The molecule has 21 heavy (non-hydrogen) atoms. The van der Waals surface area contributed by atoms with E-state index in [9.17, 15) is 9.90 Å². The van der Waals surface area contributed by atoms with Gasteiger partial charge in [-0.3, -0.25) is 4.79 Å². The lowest BCUT2D eigenvalue weighted by atomic mass is 10.2. The van der Waals surface area contributed by atoms with Gasteiger partial charge in [-0.1, -0.05) is 23.7 Å². The lowest BCUT2D eigenvalue weighted by molar-refractivity contribution is 0.0952. The maximum absolute atomic E-state index is 12.0. The highest BCUT2D eigenvalue weighted by Gasteiger charge is 2.12. The van der Waals surface area contributed by atoms with Gasteiger partial charge in [-0.2, -0.15) is 5.10 Å². The predicted molar refractivity (Wildman–Crippen MR) is 81.2 cm³/mol. The average Bonchev–Trinajstić information content (AvgIpc) is 2.49. The minimum absolute atomic E-state index is 0.0795. The molecule has 5 nitrogen and oxygen atoms in total. The minimum Gasteiger partial charge on any atom is -0.507 e. The van der Waals surface area contributed by atoms with Crippen molar-refractivity contribution in [3.63, 3.8) is 0 Å². The van der Waals surface area contributed by atoms with Crippen LogP contribution in [0.25, 0.3) is 0 Å². The quantitative estimate of drug-likeness (QED) is 0.674. The lowest BCUT2D eigenvalue weighted by Crippen LogP contribution is -2.18. The molecule has 0 aromatic heterocycles. The highest BCUT2D eigenvalue weighted by Crippen LogP contribution is 2.22. The number of nitrogens with one attached hydrogen (secondary N) is 1. The molecule has 0 heterocycles. The Morgan fingerprint density at radius 3 is 2.81 bits per heavy atom. The first-order valence-corrected chi connectivity index (χ1v) is 6.44. The van der Waals surface area contributed by atoms with Gasteiger partial charge in [-0.15, -0.1) is 0 Å². The van der Waals surface area contributed by atoms with Crippen LogP contribution in [0.1, 0.15) is 15.9 Å². The fourth-order valence-electron chi connectivity index (χ4n) is 1.68. The molecule has 0 aliphatic rings. The number of methoxy groups -OCH3 is 1. The Hall–Kier alpha value is -2.53. The summed E-state index contributed by atoms with van der Waals surface area (Å²) in [7, 11) is 1.46. The van der Waals surface area contributed by atoms with Crippen molar-refractivity contribution in [3.05, 3.63) is 58.6 Å². The van der Waals surface area contributed by atoms with Gasteiger partial charge >= 0.3 is 0 Å². The first kappa shape index (κ1) is 14.9. The van der Waals surface area contributed by atoms with Gasteiger partial charge in [0.1, 0.15) is 11.5 Å². The van der Waals surface area contributed by atoms with E-state index in [0.717, 1.165) is 0 Å². The number of para-hydroxylation sites is 1. The second kappa shape index (κ2) is 6.76. The molecule has 0 atom stereocenters. The first-order valence-electron chi connectivity index (χ1n) is 6.06. The van der Waals surface area contributed by atoms with Crippen LogP contribution in [0.4, 0.5) is 0 Å². The van der Waals surface area contributed by atoms with Crippen LogP contribution >= 0.6 is 11.6 Å². The number of hydrogen-bond acceptors (Lipinski definition) is 4. The Kier molecular flexibility index (Phi) is 4.79. The van der Waals surface area contributed by atoms with Crippen LogP contribution in [0.15, 0.2) is 47.6 Å². The Morgan fingerprint density at radius 2 is 2.10 bits per heavy atom. The fourth-order valence-corrected chi connectivity index (χ4v) is 1.85. The van der Waals surface area contributed by atoms with Crippen molar-refractivity contribution in [1.82, 2.24) is 5.43 Å². The number of ether oxygens (including phenoxy) is 1. The topological polar surface area (TPSA) is 70.9 Å². The number of rotatable bonds is 4. The molecule has 0 spiro atoms. The molecule has 2 rings (SSSR count). The molecule has 0 saturated carbocycles. The summed E-state index contributed by atoms with van der Waals surface area (Å²) in [5.41, 5.74) is 3.13. The van der Waals surface area contributed by atoms with E-state index >= 15 is 0 Å². The van der Waals surface area contributed by atoms with Crippen molar-refractivity contribution in [2.24, 2.45) is 5.10 Å². The molecule has 1 amide bonds. The third-order valence-electron chi connectivity index (χ3n) is 2.71. The van der Waals surface area contributed by atoms with Crippen LogP contribution in [0, 0.1) is 0 Å². The number of hydrogen-bond donors (Lipinski definition) is 2. The Bertz CT molecular complexity index is 686. The van der Waals surface area contributed by atoms with Crippen molar-refractivity contribution in [1.29, 1.82) is 0 Å². The number of phenolic OH excluding ortho intramolecular Hbond substituents is 1. The molecule has 2 N–H and O–H groups in total. The number of benzene rings is 2.